The number of carboxylic acid groups (broad SMARTS) is 1. The van der Waals surface area contributed by atoms with E-state index in [1.54, 1.807) is 36.7 Å². The smallest absolute Gasteiger partial charge is 0.352 e. The van der Waals surface area contributed by atoms with Crippen LogP contribution < -0.4 is 0 Å². The maximum absolute atomic E-state index is 11.0. The predicted octanol–water partition coefficient (Wildman–Crippen LogP) is 1.84. The van der Waals surface area contributed by atoms with Crippen LogP contribution in [0.25, 0.3) is 0 Å². The van der Waals surface area contributed by atoms with Crippen molar-refractivity contribution >= 4 is 5.97 Å². The van der Waals surface area contributed by atoms with Gasteiger partial charge in [0.15, 0.2) is 0 Å². The van der Waals surface area contributed by atoms with Crippen LogP contribution in [-0.4, -0.2) is 20.8 Å². The van der Waals surface area contributed by atoms with Gasteiger partial charge in [0.05, 0.1) is 6.54 Å². The van der Waals surface area contributed by atoms with E-state index in [9.17, 15) is 4.79 Å². The molecule has 0 aliphatic heterocycles. The lowest BCUT2D eigenvalue weighted by Gasteiger charge is -2.03. The van der Waals surface area contributed by atoms with Gasteiger partial charge in [-0.05, 0) is 25.5 Å². The number of hydrogen-bond donors (Lipinski definition) is 1. The highest BCUT2D eigenvalue weighted by Crippen LogP contribution is 2.12. The lowest BCUT2D eigenvalue weighted by molar-refractivity contribution is 0.0685. The molecule has 0 aromatic carbocycles. The molecule has 0 fully saturated rings. The molecule has 0 aliphatic carbocycles. The number of aryl methyl sites for hydroxylation is 2. The molecule has 5 heteroatoms. The second kappa shape index (κ2) is 3.84. The van der Waals surface area contributed by atoms with Crippen LogP contribution in [0, 0.1) is 13.8 Å². The number of rotatable bonds is 3. The Morgan fingerprint density at radius 1 is 1.56 bits per heavy atom. The Morgan fingerprint density at radius 2 is 2.31 bits per heavy atom. The maximum Gasteiger partial charge on any atom is 0.352 e. The summed E-state index contributed by atoms with van der Waals surface area (Å²) in [5.74, 6) is -0.210. The summed E-state index contributed by atoms with van der Waals surface area (Å²) >= 11 is 0. The molecule has 84 valence electrons. The van der Waals surface area contributed by atoms with Crippen LogP contribution in [0.5, 0.6) is 0 Å². The lowest BCUT2D eigenvalue weighted by atomic mass is 10.2. The summed E-state index contributed by atoms with van der Waals surface area (Å²) in [6.07, 6.45) is 1.74. The highest BCUT2D eigenvalue weighted by atomic mass is 16.5. The monoisotopic (exact) mass is 220 g/mol. The normalized spacial score (nSPS) is 10.6. The van der Waals surface area contributed by atoms with Crippen molar-refractivity contribution in [1.82, 2.24) is 9.72 Å². The number of carbonyl (C=O) groups is 1. The van der Waals surface area contributed by atoms with Crippen LogP contribution in [0.1, 0.15) is 27.5 Å². The van der Waals surface area contributed by atoms with Gasteiger partial charge in [-0.2, -0.15) is 0 Å². The van der Waals surface area contributed by atoms with Gasteiger partial charge in [-0.1, -0.05) is 5.16 Å². The van der Waals surface area contributed by atoms with Gasteiger partial charge in [-0.3, -0.25) is 0 Å². The number of aromatic nitrogens is 2. The average Bonchev–Trinajstić information content (AvgIpc) is 2.74. The molecule has 0 atom stereocenters. The molecule has 0 aliphatic rings. The molecule has 0 amide bonds. The molecule has 2 rings (SSSR count). The van der Waals surface area contributed by atoms with Crippen LogP contribution in [0.3, 0.4) is 0 Å². The van der Waals surface area contributed by atoms with Crippen LogP contribution in [0.2, 0.25) is 0 Å². The molecule has 0 bridgehead atoms. The van der Waals surface area contributed by atoms with Gasteiger partial charge in [0, 0.05) is 12.3 Å². The van der Waals surface area contributed by atoms with Crippen LogP contribution in [0.15, 0.2) is 22.9 Å². The molecular weight excluding hydrogens is 208 g/mol. The Bertz CT molecular complexity index is 525. The van der Waals surface area contributed by atoms with Gasteiger partial charge in [0.25, 0.3) is 0 Å². The van der Waals surface area contributed by atoms with Gasteiger partial charge in [0.1, 0.15) is 17.1 Å². The SMILES string of the molecule is Cc1cc(Cn2ccc(C)c2C(=O)O)no1. The van der Waals surface area contributed by atoms with Crippen molar-refractivity contribution in [2.24, 2.45) is 0 Å². The Labute approximate surface area is 92.3 Å². The molecule has 0 spiro atoms. The second-order valence-corrected chi connectivity index (χ2v) is 3.71. The molecule has 16 heavy (non-hydrogen) atoms. The highest BCUT2D eigenvalue weighted by Gasteiger charge is 2.14. The molecule has 2 aromatic heterocycles. The summed E-state index contributed by atoms with van der Waals surface area (Å²) in [5, 5.41) is 12.9. The zero-order valence-corrected chi connectivity index (χ0v) is 9.10. The fourth-order valence-electron chi connectivity index (χ4n) is 1.67. The van der Waals surface area contributed by atoms with E-state index in [0.717, 1.165) is 17.0 Å². The van der Waals surface area contributed by atoms with E-state index < -0.39 is 5.97 Å². The molecule has 1 N–H and O–H groups in total. The van der Waals surface area contributed by atoms with E-state index >= 15 is 0 Å². The number of hydrogen-bond acceptors (Lipinski definition) is 3. The van der Waals surface area contributed by atoms with Crippen molar-refractivity contribution in [1.29, 1.82) is 0 Å². The second-order valence-electron chi connectivity index (χ2n) is 3.71. The summed E-state index contributed by atoms with van der Waals surface area (Å²) in [4.78, 5) is 11.0. The van der Waals surface area contributed by atoms with E-state index in [1.807, 2.05) is 0 Å². The van der Waals surface area contributed by atoms with Gasteiger partial charge < -0.3 is 14.2 Å². The fraction of sp³-hybridized carbons (Fsp3) is 0.273. The van der Waals surface area contributed by atoms with Gasteiger partial charge in [-0.15, -0.1) is 0 Å². The van der Waals surface area contributed by atoms with E-state index in [4.69, 9.17) is 9.63 Å². The van der Waals surface area contributed by atoms with E-state index in [2.05, 4.69) is 5.16 Å². The van der Waals surface area contributed by atoms with Crippen molar-refractivity contribution < 1.29 is 14.4 Å². The first-order valence-corrected chi connectivity index (χ1v) is 4.89. The third-order valence-electron chi connectivity index (χ3n) is 2.38. The Kier molecular flexibility index (Phi) is 2.52. The van der Waals surface area contributed by atoms with Gasteiger partial charge in [-0.25, -0.2) is 4.79 Å². The first kappa shape index (κ1) is 10.5. The van der Waals surface area contributed by atoms with Crippen LogP contribution in [0.4, 0.5) is 0 Å². The van der Waals surface area contributed by atoms with Crippen LogP contribution in [-0.2, 0) is 6.54 Å². The average molecular weight is 220 g/mol. The zero-order valence-electron chi connectivity index (χ0n) is 9.10. The first-order valence-electron chi connectivity index (χ1n) is 4.89. The standard InChI is InChI=1S/C11H12N2O3/c1-7-3-4-13(10(7)11(14)15)6-9-5-8(2)16-12-9/h3-5H,6H2,1-2H3,(H,14,15). The molecule has 0 saturated carbocycles. The molecule has 0 radical (unpaired) electrons. The third-order valence-corrected chi connectivity index (χ3v) is 2.38. The van der Waals surface area contributed by atoms with Crippen molar-refractivity contribution in [3.63, 3.8) is 0 Å². The quantitative estimate of drug-likeness (QED) is 0.856. The summed E-state index contributed by atoms with van der Waals surface area (Å²) in [6.45, 7) is 3.98. The van der Waals surface area contributed by atoms with Crippen molar-refractivity contribution in [3.8, 4) is 0 Å². The third kappa shape index (κ3) is 1.84. The molecule has 2 aromatic rings. The van der Waals surface area contributed by atoms with E-state index in [-0.39, 0.29) is 0 Å². The summed E-state index contributed by atoms with van der Waals surface area (Å²) in [7, 11) is 0. The fourth-order valence-corrected chi connectivity index (χ4v) is 1.67. The summed E-state index contributed by atoms with van der Waals surface area (Å²) in [6, 6.07) is 3.57. The predicted molar refractivity (Wildman–Crippen MR) is 56.5 cm³/mol. The Hall–Kier alpha value is -2.04. The van der Waals surface area contributed by atoms with Crippen molar-refractivity contribution in [2.45, 2.75) is 20.4 Å². The molecule has 2 heterocycles. The largest absolute Gasteiger partial charge is 0.477 e. The number of carboxylic acids is 1. The molecule has 5 nitrogen and oxygen atoms in total. The molecule has 0 saturated heterocycles. The van der Waals surface area contributed by atoms with E-state index in [1.165, 1.54) is 0 Å². The maximum atomic E-state index is 11.0. The van der Waals surface area contributed by atoms with Crippen LogP contribution >= 0.6 is 0 Å². The summed E-state index contributed by atoms with van der Waals surface area (Å²) in [5.41, 5.74) is 1.75. The Balaban J connectivity index is 2.31. The summed E-state index contributed by atoms with van der Waals surface area (Å²) < 4.78 is 6.58. The number of nitrogens with zero attached hydrogens (tertiary/aromatic N) is 2. The number of aromatic carboxylic acids is 1. The first-order chi connectivity index (χ1) is 7.58. The minimum absolute atomic E-state index is 0.292. The molecule has 0 unspecified atom stereocenters. The zero-order chi connectivity index (χ0) is 11.7. The highest BCUT2D eigenvalue weighted by molar-refractivity contribution is 5.87. The topological polar surface area (TPSA) is 68.3 Å². The van der Waals surface area contributed by atoms with Gasteiger partial charge >= 0.3 is 5.97 Å². The van der Waals surface area contributed by atoms with E-state index in [0.29, 0.717) is 12.2 Å². The molecular formula is C11H12N2O3. The Morgan fingerprint density at radius 3 is 2.88 bits per heavy atom. The minimum Gasteiger partial charge on any atom is -0.477 e. The lowest BCUT2D eigenvalue weighted by Crippen LogP contribution is -2.10. The van der Waals surface area contributed by atoms with Crippen molar-refractivity contribution in [3.05, 3.63) is 41.0 Å². The minimum atomic E-state index is -0.928. The van der Waals surface area contributed by atoms with Crippen molar-refractivity contribution in [2.75, 3.05) is 0 Å². The van der Waals surface area contributed by atoms with Gasteiger partial charge in [0.2, 0.25) is 0 Å².